The van der Waals surface area contributed by atoms with E-state index >= 15 is 0 Å². The Balaban J connectivity index is 3.32. The minimum absolute atomic E-state index is 0.0413. The molecule has 33 heavy (non-hydrogen) atoms. The van der Waals surface area contributed by atoms with Gasteiger partial charge in [0.25, 0.3) is 10.1 Å². The molecule has 0 bridgehead atoms. The van der Waals surface area contributed by atoms with Gasteiger partial charge in [0.05, 0.1) is 19.8 Å². The summed E-state index contributed by atoms with van der Waals surface area (Å²) < 4.78 is 44.8. The van der Waals surface area contributed by atoms with Crippen LogP contribution in [-0.4, -0.2) is 50.8 Å². The van der Waals surface area contributed by atoms with Crippen molar-refractivity contribution in [1.82, 2.24) is 0 Å². The van der Waals surface area contributed by atoms with Crippen LogP contribution >= 0.6 is 0 Å². The third-order valence-corrected chi connectivity index (χ3v) is 5.99. The van der Waals surface area contributed by atoms with Crippen molar-refractivity contribution in [1.29, 1.82) is 0 Å². The van der Waals surface area contributed by atoms with Crippen molar-refractivity contribution in [2.75, 3.05) is 25.8 Å². The Morgan fingerprint density at radius 2 is 1.15 bits per heavy atom. The minimum atomic E-state index is -4.12. The lowest BCUT2D eigenvalue weighted by Gasteiger charge is -2.13. The van der Waals surface area contributed by atoms with Crippen LogP contribution < -0.4 is 0 Å². The molecule has 198 valence electrons. The zero-order chi connectivity index (χ0) is 24.6. The standard InChI is InChI=1S/C25H50O7S/c1-3-4-5-6-7-8-9-10-11-12-13-14-15-16-17-18-19-25(26)32-24(2)22-30-20-21-31-23-33(27,28)29/h24H,3-23H2,1-2H3,(H,27,28,29). The Kier molecular flexibility index (Phi) is 22.6. The summed E-state index contributed by atoms with van der Waals surface area (Å²) in [6, 6.07) is 0. The fourth-order valence-electron chi connectivity index (χ4n) is 3.67. The van der Waals surface area contributed by atoms with E-state index in [0.29, 0.717) is 6.42 Å². The van der Waals surface area contributed by atoms with Crippen LogP contribution in [0.2, 0.25) is 0 Å². The first-order valence-corrected chi connectivity index (χ1v) is 14.8. The van der Waals surface area contributed by atoms with Crippen molar-refractivity contribution in [2.24, 2.45) is 0 Å². The molecule has 0 aromatic heterocycles. The van der Waals surface area contributed by atoms with Crippen LogP contribution in [0, 0.1) is 0 Å². The van der Waals surface area contributed by atoms with Crippen LogP contribution in [0.5, 0.6) is 0 Å². The summed E-state index contributed by atoms with van der Waals surface area (Å²) in [7, 11) is -4.12. The Morgan fingerprint density at radius 1 is 0.727 bits per heavy atom. The summed E-state index contributed by atoms with van der Waals surface area (Å²) in [4.78, 5) is 11.8. The van der Waals surface area contributed by atoms with E-state index in [4.69, 9.17) is 18.8 Å². The number of rotatable bonds is 25. The molecule has 0 heterocycles. The molecule has 7 nitrogen and oxygen atoms in total. The number of ether oxygens (including phenoxy) is 3. The topological polar surface area (TPSA) is 99.1 Å². The summed E-state index contributed by atoms with van der Waals surface area (Å²) in [6.45, 7) is 4.45. The molecule has 0 aromatic carbocycles. The van der Waals surface area contributed by atoms with Gasteiger partial charge >= 0.3 is 5.97 Å². The van der Waals surface area contributed by atoms with Gasteiger partial charge in [-0.3, -0.25) is 9.35 Å². The summed E-state index contributed by atoms with van der Waals surface area (Å²) >= 11 is 0. The molecule has 1 unspecified atom stereocenters. The third kappa shape index (κ3) is 27.4. The van der Waals surface area contributed by atoms with Gasteiger partial charge in [0.1, 0.15) is 6.10 Å². The van der Waals surface area contributed by atoms with Gasteiger partial charge in [-0.25, -0.2) is 0 Å². The van der Waals surface area contributed by atoms with E-state index in [2.05, 4.69) is 6.92 Å². The first-order chi connectivity index (χ1) is 15.8. The average molecular weight is 495 g/mol. The second kappa shape index (κ2) is 23.1. The quantitative estimate of drug-likeness (QED) is 0.0884. The van der Waals surface area contributed by atoms with E-state index in [0.717, 1.165) is 12.8 Å². The van der Waals surface area contributed by atoms with Crippen molar-refractivity contribution < 1.29 is 32.0 Å². The van der Waals surface area contributed by atoms with Gasteiger partial charge in [-0.15, -0.1) is 0 Å². The normalized spacial score (nSPS) is 12.7. The average Bonchev–Trinajstić information content (AvgIpc) is 2.75. The minimum Gasteiger partial charge on any atom is -0.460 e. The highest BCUT2D eigenvalue weighted by molar-refractivity contribution is 7.85. The maximum Gasteiger partial charge on any atom is 0.306 e. The maximum absolute atomic E-state index is 11.8. The molecule has 1 atom stereocenters. The second-order valence-corrected chi connectivity index (χ2v) is 10.4. The van der Waals surface area contributed by atoms with Crippen LogP contribution in [0.3, 0.4) is 0 Å². The highest BCUT2D eigenvalue weighted by Crippen LogP contribution is 2.14. The molecule has 0 rings (SSSR count). The van der Waals surface area contributed by atoms with Crippen LogP contribution in [-0.2, 0) is 29.1 Å². The van der Waals surface area contributed by atoms with Gasteiger partial charge in [-0.1, -0.05) is 103 Å². The fraction of sp³-hybridized carbons (Fsp3) is 0.960. The molecule has 0 radical (unpaired) electrons. The Morgan fingerprint density at radius 3 is 1.61 bits per heavy atom. The number of carbonyl (C=O) groups excluding carboxylic acids is 1. The van der Waals surface area contributed by atoms with E-state index in [1.54, 1.807) is 6.92 Å². The number of esters is 1. The van der Waals surface area contributed by atoms with E-state index in [1.807, 2.05) is 0 Å². The number of hydrogen-bond acceptors (Lipinski definition) is 6. The molecule has 0 saturated heterocycles. The number of hydrogen-bond donors (Lipinski definition) is 1. The molecule has 0 aromatic rings. The van der Waals surface area contributed by atoms with Crippen molar-refractivity contribution >= 4 is 16.1 Å². The first-order valence-electron chi connectivity index (χ1n) is 13.1. The zero-order valence-electron chi connectivity index (χ0n) is 21.2. The first kappa shape index (κ1) is 32.3. The predicted octanol–water partition coefficient (Wildman–Crippen LogP) is 6.45. The molecular weight excluding hydrogens is 444 g/mol. The molecule has 0 saturated carbocycles. The van der Waals surface area contributed by atoms with Gasteiger partial charge in [-0.05, 0) is 13.3 Å². The largest absolute Gasteiger partial charge is 0.460 e. The number of unbranched alkanes of at least 4 members (excludes halogenated alkanes) is 15. The van der Waals surface area contributed by atoms with Gasteiger partial charge in [0.15, 0.2) is 5.94 Å². The van der Waals surface area contributed by atoms with Crippen LogP contribution in [0.15, 0.2) is 0 Å². The van der Waals surface area contributed by atoms with Gasteiger partial charge < -0.3 is 14.2 Å². The molecule has 0 aliphatic carbocycles. The summed E-state index contributed by atoms with van der Waals surface area (Å²) in [6.07, 6.45) is 20.9. The van der Waals surface area contributed by atoms with Crippen molar-refractivity contribution in [2.45, 2.75) is 129 Å². The zero-order valence-corrected chi connectivity index (χ0v) is 22.0. The third-order valence-electron chi connectivity index (χ3n) is 5.52. The lowest BCUT2D eigenvalue weighted by atomic mass is 10.0. The fourth-order valence-corrected chi connectivity index (χ4v) is 3.99. The summed E-state index contributed by atoms with van der Waals surface area (Å²) in [5.74, 6) is -0.959. The molecule has 1 N–H and O–H groups in total. The van der Waals surface area contributed by atoms with Crippen LogP contribution in [0.1, 0.15) is 123 Å². The predicted molar refractivity (Wildman–Crippen MR) is 133 cm³/mol. The van der Waals surface area contributed by atoms with Gasteiger partial charge in [0.2, 0.25) is 0 Å². The lowest BCUT2D eigenvalue weighted by Crippen LogP contribution is -2.21. The van der Waals surface area contributed by atoms with E-state index < -0.39 is 16.1 Å². The van der Waals surface area contributed by atoms with E-state index in [1.165, 1.54) is 89.9 Å². The van der Waals surface area contributed by atoms with Gasteiger partial charge in [0, 0.05) is 6.42 Å². The van der Waals surface area contributed by atoms with E-state index in [-0.39, 0.29) is 31.9 Å². The molecule has 0 fully saturated rings. The highest BCUT2D eigenvalue weighted by atomic mass is 32.2. The van der Waals surface area contributed by atoms with Crippen molar-refractivity contribution in [3.8, 4) is 0 Å². The Labute approximate surface area is 203 Å². The van der Waals surface area contributed by atoms with Crippen molar-refractivity contribution in [3.05, 3.63) is 0 Å². The van der Waals surface area contributed by atoms with Crippen LogP contribution in [0.25, 0.3) is 0 Å². The second-order valence-electron chi connectivity index (χ2n) is 9.04. The number of carbonyl (C=O) groups is 1. The summed E-state index contributed by atoms with van der Waals surface area (Å²) in [5, 5.41) is 0. The van der Waals surface area contributed by atoms with Crippen molar-refractivity contribution in [3.63, 3.8) is 0 Å². The highest BCUT2D eigenvalue weighted by Gasteiger charge is 2.10. The molecule has 0 amide bonds. The smallest absolute Gasteiger partial charge is 0.306 e. The monoisotopic (exact) mass is 494 g/mol. The maximum atomic E-state index is 11.8. The lowest BCUT2D eigenvalue weighted by molar-refractivity contribution is -0.151. The summed E-state index contributed by atoms with van der Waals surface area (Å²) in [5.41, 5.74) is 0. The molecular formula is C25H50O7S. The molecule has 0 aliphatic heterocycles. The Bertz CT molecular complexity index is 537. The molecule has 8 heteroatoms. The SMILES string of the molecule is CCCCCCCCCCCCCCCCCCC(=O)OC(C)COCCOCS(=O)(=O)O. The van der Waals surface area contributed by atoms with Crippen LogP contribution in [0.4, 0.5) is 0 Å². The molecule has 0 spiro atoms. The van der Waals surface area contributed by atoms with E-state index in [9.17, 15) is 13.2 Å². The van der Waals surface area contributed by atoms with Gasteiger partial charge in [-0.2, -0.15) is 8.42 Å². The molecule has 0 aliphatic rings. The Hall–Kier alpha value is -0.700.